The number of hydrogen-bond donors (Lipinski definition) is 0. The lowest BCUT2D eigenvalue weighted by atomic mass is 9.95. The summed E-state index contributed by atoms with van der Waals surface area (Å²) in [5, 5.41) is 5.82. The van der Waals surface area contributed by atoms with E-state index >= 15 is 0 Å². The second kappa shape index (κ2) is 13.0. The van der Waals surface area contributed by atoms with Crippen LogP contribution in [0.5, 0.6) is 0 Å². The van der Waals surface area contributed by atoms with Gasteiger partial charge in [-0.2, -0.15) is 0 Å². The Morgan fingerprint density at radius 3 is 1.86 bits per heavy atom. The first-order valence-electron chi connectivity index (χ1n) is 19.9. The molecule has 2 heterocycles. The standard InChI is InChI=1S/C55H35N3/c1-2-11-35(12-3-1)39-14-10-15-44(31-39)54-46-17-6-8-19-50(46)56-55(57-54)58-51-20-9-7-18-47(51)53-49-34-41(26-25-38(49)29-30-52(53)58)37-23-21-36(22-24-37)40-27-28-43-32-42-13-4-5-16-45(42)48(43)33-40/h1-31,33-34H,32H2. The van der Waals surface area contributed by atoms with Crippen LogP contribution in [-0.2, 0) is 6.42 Å². The fourth-order valence-electron chi connectivity index (χ4n) is 9.20. The van der Waals surface area contributed by atoms with Crippen molar-refractivity contribution < 1.29 is 0 Å². The van der Waals surface area contributed by atoms with E-state index in [0.717, 1.165) is 45.2 Å². The number of fused-ring (bicyclic) bond motifs is 9. The lowest BCUT2D eigenvalue weighted by Gasteiger charge is -2.13. The molecular formula is C55H35N3. The number of benzene rings is 9. The van der Waals surface area contributed by atoms with Crippen molar-refractivity contribution in [1.29, 1.82) is 0 Å². The Labute approximate surface area is 336 Å². The topological polar surface area (TPSA) is 30.7 Å². The quantitative estimate of drug-likeness (QED) is 0.176. The van der Waals surface area contributed by atoms with Gasteiger partial charge in [0.2, 0.25) is 5.95 Å². The van der Waals surface area contributed by atoms with Gasteiger partial charge >= 0.3 is 0 Å². The Bertz CT molecular complexity index is 3410. The van der Waals surface area contributed by atoms with Gasteiger partial charge in [0.1, 0.15) is 0 Å². The van der Waals surface area contributed by atoms with Gasteiger partial charge in [-0.15, -0.1) is 0 Å². The third-order valence-corrected chi connectivity index (χ3v) is 12.0. The van der Waals surface area contributed by atoms with E-state index in [-0.39, 0.29) is 0 Å². The van der Waals surface area contributed by atoms with Crippen LogP contribution < -0.4 is 0 Å². The number of nitrogens with zero attached hydrogens (tertiary/aromatic N) is 3. The molecule has 0 saturated heterocycles. The van der Waals surface area contributed by atoms with Crippen molar-refractivity contribution in [3.8, 4) is 61.7 Å². The monoisotopic (exact) mass is 737 g/mol. The Hall–Kier alpha value is -7.62. The van der Waals surface area contributed by atoms with Crippen molar-refractivity contribution in [2.24, 2.45) is 0 Å². The maximum absolute atomic E-state index is 5.41. The molecule has 1 aliphatic rings. The first-order valence-corrected chi connectivity index (χ1v) is 19.9. The van der Waals surface area contributed by atoms with E-state index in [1.54, 1.807) is 0 Å². The van der Waals surface area contributed by atoms with Crippen molar-refractivity contribution in [1.82, 2.24) is 14.5 Å². The summed E-state index contributed by atoms with van der Waals surface area (Å²) >= 11 is 0. The summed E-state index contributed by atoms with van der Waals surface area (Å²) < 4.78 is 2.25. The van der Waals surface area contributed by atoms with E-state index in [1.165, 1.54) is 71.6 Å². The van der Waals surface area contributed by atoms with Crippen molar-refractivity contribution >= 4 is 43.5 Å². The molecule has 0 bridgehead atoms. The van der Waals surface area contributed by atoms with Crippen LogP contribution in [0.3, 0.4) is 0 Å². The molecule has 9 aromatic carbocycles. The molecule has 0 radical (unpaired) electrons. The molecular weight excluding hydrogens is 703 g/mol. The lowest BCUT2D eigenvalue weighted by molar-refractivity contribution is 1.01. The zero-order valence-electron chi connectivity index (χ0n) is 31.6. The molecule has 11 aromatic rings. The lowest BCUT2D eigenvalue weighted by Crippen LogP contribution is -2.03. The zero-order chi connectivity index (χ0) is 38.2. The summed E-state index contributed by atoms with van der Waals surface area (Å²) in [4.78, 5) is 10.7. The molecule has 270 valence electrons. The van der Waals surface area contributed by atoms with E-state index in [4.69, 9.17) is 9.97 Å². The third-order valence-electron chi connectivity index (χ3n) is 12.0. The minimum Gasteiger partial charge on any atom is -0.278 e. The predicted molar refractivity (Wildman–Crippen MR) is 241 cm³/mol. The van der Waals surface area contributed by atoms with Gasteiger partial charge in [0.15, 0.2) is 0 Å². The van der Waals surface area contributed by atoms with Gasteiger partial charge < -0.3 is 0 Å². The highest BCUT2D eigenvalue weighted by Gasteiger charge is 2.21. The van der Waals surface area contributed by atoms with Crippen LogP contribution in [0.1, 0.15) is 11.1 Å². The molecule has 58 heavy (non-hydrogen) atoms. The number of hydrogen-bond acceptors (Lipinski definition) is 2. The molecule has 0 unspecified atom stereocenters. The second-order valence-electron chi connectivity index (χ2n) is 15.4. The van der Waals surface area contributed by atoms with Gasteiger partial charge in [-0.3, -0.25) is 4.57 Å². The van der Waals surface area contributed by atoms with Crippen LogP contribution in [-0.4, -0.2) is 14.5 Å². The Morgan fingerprint density at radius 2 is 0.983 bits per heavy atom. The second-order valence-corrected chi connectivity index (χ2v) is 15.4. The average molecular weight is 738 g/mol. The average Bonchev–Trinajstić information content (AvgIpc) is 3.85. The molecule has 0 N–H and O–H groups in total. The van der Waals surface area contributed by atoms with E-state index in [0.29, 0.717) is 5.95 Å². The van der Waals surface area contributed by atoms with Crippen LogP contribution in [0.4, 0.5) is 0 Å². The molecule has 0 atom stereocenters. The normalized spacial score (nSPS) is 12.1. The van der Waals surface area contributed by atoms with Gasteiger partial charge in [0.05, 0.1) is 22.2 Å². The van der Waals surface area contributed by atoms with Crippen LogP contribution in [0, 0.1) is 0 Å². The highest BCUT2D eigenvalue weighted by atomic mass is 15.2. The summed E-state index contributed by atoms with van der Waals surface area (Å²) in [7, 11) is 0. The number of rotatable bonds is 5. The summed E-state index contributed by atoms with van der Waals surface area (Å²) in [6, 6.07) is 72.3. The van der Waals surface area contributed by atoms with E-state index in [2.05, 4.69) is 205 Å². The molecule has 3 heteroatoms. The van der Waals surface area contributed by atoms with Crippen LogP contribution in [0.2, 0.25) is 0 Å². The summed E-state index contributed by atoms with van der Waals surface area (Å²) in [5.74, 6) is 0.658. The van der Waals surface area contributed by atoms with Gasteiger partial charge in [-0.25, -0.2) is 9.97 Å². The number of para-hydroxylation sites is 2. The van der Waals surface area contributed by atoms with Gasteiger partial charge in [-0.05, 0) is 109 Å². The molecule has 12 rings (SSSR count). The van der Waals surface area contributed by atoms with Crippen molar-refractivity contribution in [2.45, 2.75) is 6.42 Å². The molecule has 0 aliphatic heterocycles. The zero-order valence-corrected chi connectivity index (χ0v) is 31.6. The maximum atomic E-state index is 5.41. The highest BCUT2D eigenvalue weighted by Crippen LogP contribution is 2.41. The number of aromatic nitrogens is 3. The Morgan fingerprint density at radius 1 is 0.362 bits per heavy atom. The van der Waals surface area contributed by atoms with Crippen LogP contribution in [0.25, 0.3) is 105 Å². The fraction of sp³-hybridized carbons (Fsp3) is 0.0182. The van der Waals surface area contributed by atoms with Crippen LogP contribution in [0.15, 0.2) is 200 Å². The van der Waals surface area contributed by atoms with Crippen molar-refractivity contribution in [3.63, 3.8) is 0 Å². The minimum absolute atomic E-state index is 0.658. The summed E-state index contributed by atoms with van der Waals surface area (Å²) in [6.45, 7) is 0. The molecule has 3 nitrogen and oxygen atoms in total. The van der Waals surface area contributed by atoms with Crippen molar-refractivity contribution in [3.05, 3.63) is 211 Å². The SMILES string of the molecule is c1ccc(-c2cccc(-c3nc(-n4c5ccccc5c5c6cc(-c7ccc(-c8ccc9c(c8)-c8ccccc8C9)cc7)ccc6ccc54)nc4ccccc34)c2)cc1. The molecule has 2 aromatic heterocycles. The molecule has 0 spiro atoms. The van der Waals surface area contributed by atoms with E-state index in [1.807, 2.05) is 0 Å². The van der Waals surface area contributed by atoms with Gasteiger partial charge in [0.25, 0.3) is 0 Å². The summed E-state index contributed by atoms with van der Waals surface area (Å²) in [6.07, 6.45) is 1.01. The first kappa shape index (κ1) is 32.6. The molecule has 0 fully saturated rings. The molecule has 1 aliphatic carbocycles. The predicted octanol–water partition coefficient (Wildman–Crippen LogP) is 14.1. The van der Waals surface area contributed by atoms with Crippen molar-refractivity contribution in [2.75, 3.05) is 0 Å². The smallest absolute Gasteiger partial charge is 0.235 e. The largest absolute Gasteiger partial charge is 0.278 e. The van der Waals surface area contributed by atoms with Gasteiger partial charge in [-0.1, -0.05) is 164 Å². The summed E-state index contributed by atoms with van der Waals surface area (Å²) in [5.41, 5.74) is 17.8. The Balaban J connectivity index is 0.985. The molecule has 0 amide bonds. The van der Waals surface area contributed by atoms with Crippen LogP contribution >= 0.6 is 0 Å². The van der Waals surface area contributed by atoms with E-state index < -0.39 is 0 Å². The minimum atomic E-state index is 0.658. The third kappa shape index (κ3) is 5.21. The highest BCUT2D eigenvalue weighted by molar-refractivity contribution is 6.21. The van der Waals surface area contributed by atoms with E-state index in [9.17, 15) is 0 Å². The Kier molecular flexibility index (Phi) is 7.29. The maximum Gasteiger partial charge on any atom is 0.235 e. The first-order chi connectivity index (χ1) is 28.7. The van der Waals surface area contributed by atoms with Gasteiger partial charge in [0, 0.05) is 21.7 Å². The molecule has 0 saturated carbocycles. The fourth-order valence-corrected chi connectivity index (χ4v) is 9.20.